The molecule has 1 aliphatic carbocycles. The van der Waals surface area contributed by atoms with Gasteiger partial charge in [0.05, 0.1) is 23.2 Å². The predicted molar refractivity (Wildman–Crippen MR) is 146 cm³/mol. The fourth-order valence-electron chi connectivity index (χ4n) is 4.72. The smallest absolute Gasteiger partial charge is 0.416 e. The van der Waals surface area contributed by atoms with Crippen molar-refractivity contribution >= 4 is 5.97 Å². The highest BCUT2D eigenvalue weighted by molar-refractivity contribution is 5.72. The summed E-state index contributed by atoms with van der Waals surface area (Å²) in [5.41, 5.74) is -0.415. The van der Waals surface area contributed by atoms with Crippen molar-refractivity contribution in [2.45, 2.75) is 63.2 Å². The molecule has 0 amide bonds. The number of rotatable bonds is 15. The summed E-state index contributed by atoms with van der Waals surface area (Å²) in [5.74, 6) is -1.04. The zero-order valence-electron chi connectivity index (χ0n) is 23.2. The Morgan fingerprint density at radius 3 is 2.58 bits per heavy atom. The molecule has 0 heterocycles. The average Bonchev–Trinajstić information content (AvgIpc) is 3.23. The molecule has 0 spiro atoms. The van der Waals surface area contributed by atoms with Gasteiger partial charge in [-0.05, 0) is 49.4 Å². The van der Waals surface area contributed by atoms with Gasteiger partial charge in [0.25, 0.3) is 0 Å². The molecule has 43 heavy (non-hydrogen) atoms. The molecule has 1 fully saturated rings. The van der Waals surface area contributed by atoms with Crippen LogP contribution in [0.2, 0.25) is 0 Å². The lowest BCUT2D eigenvalue weighted by molar-refractivity contribution is -0.497. The molecule has 0 saturated heterocycles. The Morgan fingerprint density at radius 2 is 1.84 bits per heavy atom. The van der Waals surface area contributed by atoms with Crippen LogP contribution in [-0.4, -0.2) is 62.0 Å². The minimum Gasteiger partial charge on any atom is -0.491 e. The first-order valence-corrected chi connectivity index (χ1v) is 13.7. The van der Waals surface area contributed by atoms with Crippen LogP contribution in [-0.2, 0) is 22.4 Å². The van der Waals surface area contributed by atoms with Crippen molar-refractivity contribution < 1.29 is 58.0 Å². The Kier molecular flexibility index (Phi) is 13.1. The van der Waals surface area contributed by atoms with Crippen LogP contribution in [0.3, 0.4) is 0 Å². The molecular formula is C30H36F3NO9. The predicted octanol–water partition coefficient (Wildman–Crippen LogP) is 4.59. The van der Waals surface area contributed by atoms with Crippen molar-refractivity contribution in [3.05, 3.63) is 84.0 Å². The quantitative estimate of drug-likeness (QED) is 0.0636. The number of hydrogen-bond acceptors (Lipinski definition) is 10. The second kappa shape index (κ2) is 16.5. The lowest BCUT2D eigenvalue weighted by atomic mass is 9.89. The van der Waals surface area contributed by atoms with Gasteiger partial charge in [0.15, 0.2) is 0 Å². The molecule has 0 unspecified atom stereocenters. The van der Waals surface area contributed by atoms with Gasteiger partial charge in [-0.1, -0.05) is 48.6 Å². The normalized spacial score (nSPS) is 21.6. The van der Waals surface area contributed by atoms with E-state index in [1.165, 1.54) is 18.2 Å². The van der Waals surface area contributed by atoms with Crippen LogP contribution < -0.4 is 9.47 Å². The Balaban J connectivity index is 1.42. The third kappa shape index (κ3) is 11.4. The summed E-state index contributed by atoms with van der Waals surface area (Å²) in [6, 6.07) is 10.9. The summed E-state index contributed by atoms with van der Waals surface area (Å²) in [6.07, 6.45) is 1.23. The number of allylic oxidation sites excluding steroid dienone is 2. The maximum Gasteiger partial charge on any atom is 0.416 e. The van der Waals surface area contributed by atoms with Gasteiger partial charge in [-0.3, -0.25) is 15.2 Å². The lowest BCUT2D eigenvalue weighted by Gasteiger charge is -2.19. The van der Waals surface area contributed by atoms with Gasteiger partial charge in [-0.15, -0.1) is 0 Å². The molecule has 10 nitrogen and oxygen atoms in total. The van der Waals surface area contributed by atoms with E-state index in [4.69, 9.17) is 19.9 Å². The minimum absolute atomic E-state index is 0.0357. The van der Waals surface area contributed by atoms with E-state index in [0.717, 1.165) is 12.1 Å². The number of aliphatic hydroxyl groups is 3. The van der Waals surface area contributed by atoms with Gasteiger partial charge in [0.1, 0.15) is 30.8 Å². The second-order valence-corrected chi connectivity index (χ2v) is 10.1. The fraction of sp³-hybridized carbons (Fsp3) is 0.433. The van der Waals surface area contributed by atoms with E-state index in [0.29, 0.717) is 24.8 Å². The molecule has 0 aromatic heterocycles. The van der Waals surface area contributed by atoms with Crippen molar-refractivity contribution in [3.63, 3.8) is 0 Å². The molecule has 5 N–H and O–H groups in total. The fourth-order valence-corrected chi connectivity index (χ4v) is 4.72. The SMILES string of the molecule is O=C(CCC/C=C\C[C@@H]1[C@@H](/C=C/[C@@H](O)COc2cccc(C(F)(F)F)c2)[C@H](O)C[C@@H]1O)Oc1ccccc1CON(O)O. The molecule has 0 bridgehead atoms. The van der Waals surface area contributed by atoms with Gasteiger partial charge in [0, 0.05) is 24.3 Å². The first kappa shape index (κ1) is 34.2. The maximum absolute atomic E-state index is 12.9. The van der Waals surface area contributed by atoms with E-state index in [1.54, 1.807) is 30.3 Å². The van der Waals surface area contributed by atoms with E-state index >= 15 is 0 Å². The van der Waals surface area contributed by atoms with Crippen molar-refractivity contribution in [3.8, 4) is 11.5 Å². The van der Waals surface area contributed by atoms with Gasteiger partial charge < -0.3 is 24.8 Å². The average molecular weight is 612 g/mol. The van der Waals surface area contributed by atoms with Crippen molar-refractivity contribution in [1.82, 2.24) is 5.39 Å². The molecule has 1 saturated carbocycles. The van der Waals surface area contributed by atoms with Crippen LogP contribution in [0.5, 0.6) is 11.5 Å². The first-order valence-electron chi connectivity index (χ1n) is 13.7. The number of unbranched alkanes of at least 4 members (excludes halogenated alkanes) is 1. The Labute approximate surface area is 246 Å². The number of nitrogens with zero attached hydrogens (tertiary/aromatic N) is 1. The van der Waals surface area contributed by atoms with Crippen LogP contribution in [0, 0.1) is 11.8 Å². The van der Waals surface area contributed by atoms with Crippen molar-refractivity contribution in [2.24, 2.45) is 11.8 Å². The van der Waals surface area contributed by atoms with Crippen LogP contribution in [0.1, 0.15) is 43.2 Å². The summed E-state index contributed by atoms with van der Waals surface area (Å²) in [6.45, 7) is -0.511. The van der Waals surface area contributed by atoms with Crippen LogP contribution in [0.15, 0.2) is 72.8 Å². The summed E-state index contributed by atoms with van der Waals surface area (Å²) in [4.78, 5) is 16.8. The first-order chi connectivity index (χ1) is 20.4. The third-order valence-electron chi connectivity index (χ3n) is 6.91. The molecule has 3 rings (SSSR count). The molecular weight excluding hydrogens is 575 g/mol. The number of halogens is 3. The Bertz CT molecular complexity index is 1220. The number of carbonyl (C=O) groups is 1. The van der Waals surface area contributed by atoms with Crippen molar-refractivity contribution in [1.29, 1.82) is 0 Å². The lowest BCUT2D eigenvalue weighted by Crippen LogP contribution is -2.21. The summed E-state index contributed by atoms with van der Waals surface area (Å²) >= 11 is 0. The zero-order valence-corrected chi connectivity index (χ0v) is 23.2. The van der Waals surface area contributed by atoms with Crippen molar-refractivity contribution in [2.75, 3.05) is 6.61 Å². The maximum atomic E-state index is 12.9. The zero-order chi connectivity index (χ0) is 31.4. The van der Waals surface area contributed by atoms with Gasteiger partial charge in [0.2, 0.25) is 0 Å². The Morgan fingerprint density at radius 1 is 1.07 bits per heavy atom. The largest absolute Gasteiger partial charge is 0.491 e. The number of aliphatic hydroxyl groups excluding tert-OH is 3. The molecule has 13 heteroatoms. The molecule has 2 aromatic rings. The van der Waals surface area contributed by atoms with E-state index in [-0.39, 0.29) is 43.5 Å². The molecule has 5 atom stereocenters. The highest BCUT2D eigenvalue weighted by atomic mass is 19.4. The van der Waals surface area contributed by atoms with Gasteiger partial charge >= 0.3 is 12.1 Å². The summed E-state index contributed by atoms with van der Waals surface area (Å²) < 4.78 is 49.3. The van der Waals surface area contributed by atoms with Crippen LogP contribution in [0.4, 0.5) is 13.2 Å². The second-order valence-electron chi connectivity index (χ2n) is 10.1. The van der Waals surface area contributed by atoms with E-state index in [1.807, 2.05) is 12.2 Å². The van der Waals surface area contributed by atoms with Gasteiger partial charge in [-0.25, -0.2) is 4.84 Å². The summed E-state index contributed by atoms with van der Waals surface area (Å²) in [5, 5.41) is 48.1. The number of carbonyl (C=O) groups excluding carboxylic acids is 1. The third-order valence-corrected chi connectivity index (χ3v) is 6.91. The minimum atomic E-state index is -4.51. The standard InChI is InChI=1S/C30H36F3NO9/c31-30(32,33)21-9-7-10-23(16-21)41-19-22(35)14-15-25-24(26(36)17-27(25)37)11-3-1-2-4-13-29(38)43-28-12-6-5-8-20(28)18-42-34(39)40/h1,3,5-10,12,14-16,22,24-27,35-37,39-40H,2,4,11,13,17-19H2/b3-1-,15-14+/t22-,24-,25-,26+,27-/m1/s1. The van der Waals surface area contributed by atoms with Crippen LogP contribution in [0.25, 0.3) is 0 Å². The van der Waals surface area contributed by atoms with Gasteiger partial charge in [-0.2, -0.15) is 13.2 Å². The van der Waals surface area contributed by atoms with E-state index in [2.05, 4.69) is 4.84 Å². The van der Waals surface area contributed by atoms with E-state index in [9.17, 15) is 33.3 Å². The monoisotopic (exact) mass is 611 g/mol. The number of para-hydroxylation sites is 1. The number of alkyl halides is 3. The molecule has 0 aliphatic heterocycles. The highest BCUT2D eigenvalue weighted by Gasteiger charge is 2.39. The molecule has 236 valence electrons. The number of benzene rings is 2. The van der Waals surface area contributed by atoms with E-state index < -0.39 is 47.3 Å². The molecule has 0 radical (unpaired) electrons. The summed E-state index contributed by atoms with van der Waals surface area (Å²) in [7, 11) is 0. The highest BCUT2D eigenvalue weighted by Crippen LogP contribution is 2.36. The number of esters is 1. The topological polar surface area (TPSA) is 149 Å². The Hall–Kier alpha value is -3.30. The number of ether oxygens (including phenoxy) is 2. The van der Waals surface area contributed by atoms with Crippen LogP contribution >= 0.6 is 0 Å². The number of hydrogen-bond donors (Lipinski definition) is 5. The molecule has 1 aliphatic rings. The molecule has 2 aromatic carbocycles.